The quantitative estimate of drug-likeness (QED) is 0.616. The second-order valence-electron chi connectivity index (χ2n) is 4.22. The first-order valence-corrected chi connectivity index (χ1v) is 7.12. The van der Waals surface area contributed by atoms with Crippen LogP contribution in [0.25, 0.3) is 0 Å². The van der Waals surface area contributed by atoms with Crippen LogP contribution in [0.3, 0.4) is 0 Å². The minimum Gasteiger partial charge on any atom is -0.484 e. The molecule has 0 bridgehead atoms. The third-order valence-corrected chi connectivity index (χ3v) is 3.00. The first-order chi connectivity index (χ1) is 10.5. The van der Waals surface area contributed by atoms with Crippen LogP contribution in [0.1, 0.15) is 13.8 Å². The normalized spacial score (nSPS) is 9.77. The molecule has 7 nitrogen and oxygen atoms in total. The molecule has 1 rings (SSSR count). The highest BCUT2D eigenvalue weighted by Crippen LogP contribution is 2.15. The predicted octanol–water partition coefficient (Wildman–Crippen LogP) is 0.735. The minimum absolute atomic E-state index is 0.304. The van der Waals surface area contributed by atoms with Gasteiger partial charge in [0.05, 0.1) is 0 Å². The van der Waals surface area contributed by atoms with Crippen molar-refractivity contribution in [2.45, 2.75) is 13.8 Å². The van der Waals surface area contributed by atoms with E-state index in [9.17, 15) is 14.4 Å². The number of likely N-dealkylation sites (N-methyl/N-ethyl adjacent to an activating group) is 1. The van der Waals surface area contributed by atoms with Gasteiger partial charge in [-0.2, -0.15) is 0 Å². The molecule has 0 fully saturated rings. The number of nitrogens with zero attached hydrogens (tertiary/aromatic N) is 1. The van der Waals surface area contributed by atoms with Gasteiger partial charge in [-0.05, 0) is 38.1 Å². The summed E-state index contributed by atoms with van der Waals surface area (Å²) in [4.78, 5) is 36.1. The van der Waals surface area contributed by atoms with E-state index in [1.165, 1.54) is 4.90 Å². The summed E-state index contributed by atoms with van der Waals surface area (Å²) in [6, 6.07) is 6.47. The molecule has 0 radical (unpaired) electrons. The van der Waals surface area contributed by atoms with Crippen molar-refractivity contribution in [1.82, 2.24) is 15.8 Å². The molecule has 0 heterocycles. The van der Waals surface area contributed by atoms with Gasteiger partial charge < -0.3 is 9.64 Å². The third kappa shape index (κ3) is 5.61. The number of rotatable bonds is 5. The lowest BCUT2D eigenvalue weighted by Crippen LogP contribution is -2.50. The second kappa shape index (κ2) is 8.89. The molecular formula is C14H18ClN3O4. The number of hydrogen-bond donors (Lipinski definition) is 2. The molecule has 0 saturated heterocycles. The predicted molar refractivity (Wildman–Crippen MR) is 81.2 cm³/mol. The molecule has 1 aromatic rings. The van der Waals surface area contributed by atoms with Crippen LogP contribution in [-0.2, 0) is 14.4 Å². The van der Waals surface area contributed by atoms with Crippen LogP contribution in [0.15, 0.2) is 24.3 Å². The molecule has 0 saturated carbocycles. The standard InChI is InChI=1S/C14H18ClN3O4/c1-3-18(4-2)14(21)13(20)17-16-12(19)9-22-11-7-5-10(15)6-8-11/h5-8H,3-4,9H2,1-2H3,(H,16,19)(H,17,20). The maximum Gasteiger partial charge on any atom is 0.327 e. The fourth-order valence-electron chi connectivity index (χ4n) is 1.55. The van der Waals surface area contributed by atoms with Crippen molar-refractivity contribution in [3.8, 4) is 5.75 Å². The van der Waals surface area contributed by atoms with Gasteiger partial charge in [0.25, 0.3) is 5.91 Å². The van der Waals surface area contributed by atoms with Crippen molar-refractivity contribution in [3.63, 3.8) is 0 Å². The van der Waals surface area contributed by atoms with Gasteiger partial charge in [0.15, 0.2) is 6.61 Å². The van der Waals surface area contributed by atoms with E-state index in [0.717, 1.165) is 0 Å². The summed E-state index contributed by atoms with van der Waals surface area (Å²) in [7, 11) is 0. The van der Waals surface area contributed by atoms with Gasteiger partial charge in [-0.15, -0.1) is 0 Å². The lowest BCUT2D eigenvalue weighted by molar-refractivity contribution is -0.146. The maximum atomic E-state index is 11.6. The zero-order chi connectivity index (χ0) is 16.5. The number of halogens is 1. The van der Waals surface area contributed by atoms with Crippen molar-refractivity contribution in [2.24, 2.45) is 0 Å². The molecule has 3 amide bonds. The summed E-state index contributed by atoms with van der Waals surface area (Å²) in [6.07, 6.45) is 0. The maximum absolute atomic E-state index is 11.6. The Balaban J connectivity index is 2.35. The van der Waals surface area contributed by atoms with E-state index in [2.05, 4.69) is 5.43 Å². The largest absolute Gasteiger partial charge is 0.484 e. The fraction of sp³-hybridized carbons (Fsp3) is 0.357. The molecular weight excluding hydrogens is 310 g/mol. The van der Waals surface area contributed by atoms with Gasteiger partial charge in [-0.3, -0.25) is 25.2 Å². The molecule has 0 unspecified atom stereocenters. The Hall–Kier alpha value is -2.28. The minimum atomic E-state index is -0.899. The van der Waals surface area contributed by atoms with E-state index in [4.69, 9.17) is 16.3 Å². The summed E-state index contributed by atoms with van der Waals surface area (Å²) >= 11 is 5.72. The zero-order valence-electron chi connectivity index (χ0n) is 12.4. The van der Waals surface area contributed by atoms with Gasteiger partial charge in [0.2, 0.25) is 0 Å². The summed E-state index contributed by atoms with van der Waals surface area (Å²) in [5.41, 5.74) is 4.16. The second-order valence-corrected chi connectivity index (χ2v) is 4.66. The Bertz CT molecular complexity index is 529. The lowest BCUT2D eigenvalue weighted by atomic mass is 10.3. The Morgan fingerprint density at radius 1 is 1.09 bits per heavy atom. The number of hydrazine groups is 1. The number of carbonyl (C=O) groups excluding carboxylic acids is 3. The Kier molecular flexibility index (Phi) is 7.18. The number of nitrogens with one attached hydrogen (secondary N) is 2. The SMILES string of the molecule is CCN(CC)C(=O)C(=O)NNC(=O)COc1ccc(Cl)cc1. The number of benzene rings is 1. The summed E-state index contributed by atoms with van der Waals surface area (Å²) in [6.45, 7) is 4.04. The van der Waals surface area contributed by atoms with Gasteiger partial charge in [-0.25, -0.2) is 0 Å². The van der Waals surface area contributed by atoms with Crippen molar-refractivity contribution in [2.75, 3.05) is 19.7 Å². The number of ether oxygens (including phenoxy) is 1. The molecule has 0 aliphatic carbocycles. The van der Waals surface area contributed by atoms with Crippen molar-refractivity contribution >= 4 is 29.3 Å². The monoisotopic (exact) mass is 327 g/mol. The Labute approximate surface area is 133 Å². The molecule has 8 heteroatoms. The molecule has 0 aromatic heterocycles. The number of amides is 3. The highest BCUT2D eigenvalue weighted by Gasteiger charge is 2.19. The van der Waals surface area contributed by atoms with Crippen LogP contribution < -0.4 is 15.6 Å². The molecule has 120 valence electrons. The first kappa shape index (κ1) is 17.8. The van der Waals surface area contributed by atoms with E-state index >= 15 is 0 Å². The van der Waals surface area contributed by atoms with Crippen LogP contribution >= 0.6 is 11.6 Å². The third-order valence-electron chi connectivity index (χ3n) is 2.74. The van der Waals surface area contributed by atoms with Crippen LogP contribution in [0, 0.1) is 0 Å². The molecule has 2 N–H and O–H groups in total. The van der Waals surface area contributed by atoms with Crippen molar-refractivity contribution in [3.05, 3.63) is 29.3 Å². The lowest BCUT2D eigenvalue weighted by Gasteiger charge is -2.17. The Morgan fingerprint density at radius 2 is 1.68 bits per heavy atom. The van der Waals surface area contributed by atoms with E-state index in [1.54, 1.807) is 38.1 Å². The molecule has 1 aromatic carbocycles. The van der Waals surface area contributed by atoms with Crippen LogP contribution in [0.4, 0.5) is 0 Å². The zero-order valence-corrected chi connectivity index (χ0v) is 13.1. The van der Waals surface area contributed by atoms with Gasteiger partial charge in [-0.1, -0.05) is 11.6 Å². The van der Waals surface area contributed by atoms with E-state index in [-0.39, 0.29) is 6.61 Å². The van der Waals surface area contributed by atoms with Crippen LogP contribution in [-0.4, -0.2) is 42.3 Å². The molecule has 0 atom stereocenters. The first-order valence-electron chi connectivity index (χ1n) is 6.74. The average Bonchev–Trinajstić information content (AvgIpc) is 2.53. The molecule has 0 spiro atoms. The summed E-state index contributed by atoms with van der Waals surface area (Å²) in [5, 5.41) is 0.555. The highest BCUT2D eigenvalue weighted by molar-refractivity contribution is 6.35. The molecule has 0 aliphatic heterocycles. The van der Waals surface area contributed by atoms with Crippen LogP contribution in [0.5, 0.6) is 5.75 Å². The number of carbonyl (C=O) groups is 3. The highest BCUT2D eigenvalue weighted by atomic mass is 35.5. The summed E-state index contributed by atoms with van der Waals surface area (Å²) in [5.74, 6) is -1.73. The smallest absolute Gasteiger partial charge is 0.327 e. The molecule has 0 aliphatic rings. The molecule has 22 heavy (non-hydrogen) atoms. The van der Waals surface area contributed by atoms with Crippen molar-refractivity contribution in [1.29, 1.82) is 0 Å². The average molecular weight is 328 g/mol. The Morgan fingerprint density at radius 3 is 2.23 bits per heavy atom. The van der Waals surface area contributed by atoms with Crippen LogP contribution in [0.2, 0.25) is 5.02 Å². The van der Waals surface area contributed by atoms with Gasteiger partial charge in [0.1, 0.15) is 5.75 Å². The van der Waals surface area contributed by atoms with Gasteiger partial charge >= 0.3 is 11.8 Å². The topological polar surface area (TPSA) is 87.7 Å². The van der Waals surface area contributed by atoms with E-state index in [0.29, 0.717) is 23.9 Å². The fourth-order valence-corrected chi connectivity index (χ4v) is 1.68. The van der Waals surface area contributed by atoms with Crippen molar-refractivity contribution < 1.29 is 19.1 Å². The number of hydrogen-bond acceptors (Lipinski definition) is 4. The van der Waals surface area contributed by atoms with E-state index < -0.39 is 17.7 Å². The van der Waals surface area contributed by atoms with E-state index in [1.807, 2.05) is 5.43 Å². The van der Waals surface area contributed by atoms with Gasteiger partial charge in [0, 0.05) is 18.1 Å². The summed E-state index contributed by atoms with van der Waals surface area (Å²) < 4.78 is 5.19.